The van der Waals surface area contributed by atoms with E-state index in [1.165, 1.54) is 63.5 Å². The molecule has 0 aromatic rings. The largest absolute Gasteiger partial charge is 0.497 e. The molecule has 1 atom stereocenters. The SMILES string of the molecule is C1=C2OCC3(CCCCC3)CC2CCC1. The summed E-state index contributed by atoms with van der Waals surface area (Å²) in [6.45, 7) is 1.02. The lowest BCUT2D eigenvalue weighted by atomic mass is 9.66. The molecule has 1 saturated heterocycles. The Morgan fingerprint density at radius 2 is 2.00 bits per heavy atom. The first-order chi connectivity index (χ1) is 7.38. The molecule has 0 N–H and O–H groups in total. The number of hydrogen-bond acceptors (Lipinski definition) is 1. The Bertz CT molecular complexity index is 261. The van der Waals surface area contributed by atoms with Gasteiger partial charge in [-0.2, -0.15) is 0 Å². The summed E-state index contributed by atoms with van der Waals surface area (Å²) in [5, 5.41) is 0. The van der Waals surface area contributed by atoms with Gasteiger partial charge in [0.2, 0.25) is 0 Å². The lowest BCUT2D eigenvalue weighted by molar-refractivity contribution is -0.0213. The van der Waals surface area contributed by atoms with Gasteiger partial charge >= 0.3 is 0 Å². The fourth-order valence-electron chi connectivity index (χ4n) is 3.77. The number of allylic oxidation sites excluding steroid dienone is 2. The number of hydrogen-bond donors (Lipinski definition) is 0. The second-order valence-electron chi connectivity index (χ2n) is 5.79. The van der Waals surface area contributed by atoms with Crippen molar-refractivity contribution >= 4 is 0 Å². The van der Waals surface area contributed by atoms with Gasteiger partial charge in [0.25, 0.3) is 0 Å². The molecular weight excluding hydrogens is 184 g/mol. The third kappa shape index (κ3) is 1.81. The molecule has 3 aliphatic rings. The number of fused-ring (bicyclic) bond motifs is 1. The first-order valence-electron chi connectivity index (χ1n) is 6.71. The molecule has 1 unspecified atom stereocenters. The quantitative estimate of drug-likeness (QED) is 0.581. The molecule has 0 radical (unpaired) electrons. The van der Waals surface area contributed by atoms with E-state index in [4.69, 9.17) is 4.74 Å². The van der Waals surface area contributed by atoms with E-state index in [0.717, 1.165) is 12.5 Å². The predicted octanol–water partition coefficient (Wildman–Crippen LogP) is 4.04. The summed E-state index contributed by atoms with van der Waals surface area (Å²) >= 11 is 0. The molecule has 0 bridgehead atoms. The van der Waals surface area contributed by atoms with E-state index < -0.39 is 0 Å². The Morgan fingerprint density at radius 1 is 1.13 bits per heavy atom. The Hall–Kier alpha value is -0.460. The van der Waals surface area contributed by atoms with Crippen molar-refractivity contribution in [3.8, 4) is 0 Å². The van der Waals surface area contributed by atoms with Crippen LogP contribution in [0.25, 0.3) is 0 Å². The molecule has 1 heterocycles. The van der Waals surface area contributed by atoms with E-state index in [-0.39, 0.29) is 0 Å². The smallest absolute Gasteiger partial charge is 0.0951 e. The molecule has 1 nitrogen and oxygen atoms in total. The highest BCUT2D eigenvalue weighted by molar-refractivity contribution is 5.08. The molecule has 84 valence electrons. The predicted molar refractivity (Wildman–Crippen MR) is 61.5 cm³/mol. The zero-order valence-electron chi connectivity index (χ0n) is 9.63. The molecule has 0 amide bonds. The second kappa shape index (κ2) is 3.84. The normalized spacial score (nSPS) is 34.1. The van der Waals surface area contributed by atoms with Crippen LogP contribution in [0, 0.1) is 11.3 Å². The van der Waals surface area contributed by atoms with Gasteiger partial charge in [-0.3, -0.25) is 0 Å². The zero-order valence-corrected chi connectivity index (χ0v) is 9.63. The van der Waals surface area contributed by atoms with Crippen molar-refractivity contribution in [1.82, 2.24) is 0 Å². The average Bonchev–Trinajstić information content (AvgIpc) is 2.30. The lowest BCUT2D eigenvalue weighted by Crippen LogP contribution is -2.37. The van der Waals surface area contributed by atoms with Gasteiger partial charge in [0, 0.05) is 11.3 Å². The molecule has 1 spiro atoms. The first kappa shape index (κ1) is 9.74. The Kier molecular flexibility index (Phi) is 2.50. The van der Waals surface area contributed by atoms with Crippen molar-refractivity contribution in [3.05, 3.63) is 11.8 Å². The first-order valence-corrected chi connectivity index (χ1v) is 6.71. The second-order valence-corrected chi connectivity index (χ2v) is 5.79. The highest BCUT2D eigenvalue weighted by Gasteiger charge is 2.40. The molecule has 0 aromatic carbocycles. The van der Waals surface area contributed by atoms with Crippen LogP contribution in [-0.2, 0) is 4.74 Å². The van der Waals surface area contributed by atoms with Gasteiger partial charge in [-0.15, -0.1) is 0 Å². The van der Waals surface area contributed by atoms with Crippen LogP contribution in [-0.4, -0.2) is 6.61 Å². The van der Waals surface area contributed by atoms with Gasteiger partial charge in [-0.05, 0) is 44.6 Å². The van der Waals surface area contributed by atoms with E-state index in [9.17, 15) is 0 Å². The minimum absolute atomic E-state index is 0.581. The van der Waals surface area contributed by atoms with Crippen LogP contribution in [0.15, 0.2) is 11.8 Å². The molecular formula is C14H22O. The zero-order chi connectivity index (χ0) is 10.1. The molecule has 0 aromatic heterocycles. The van der Waals surface area contributed by atoms with Gasteiger partial charge in [0.05, 0.1) is 12.4 Å². The van der Waals surface area contributed by atoms with Crippen LogP contribution in [0.2, 0.25) is 0 Å². The van der Waals surface area contributed by atoms with E-state index in [0.29, 0.717) is 5.41 Å². The Labute approximate surface area is 92.9 Å². The van der Waals surface area contributed by atoms with Crippen molar-refractivity contribution < 1.29 is 4.74 Å². The molecule has 2 aliphatic carbocycles. The fourth-order valence-corrected chi connectivity index (χ4v) is 3.77. The van der Waals surface area contributed by atoms with Crippen LogP contribution < -0.4 is 0 Å². The standard InChI is InChI=1S/C14H22O/c1-4-8-14(9-5-1)10-12-6-2-3-7-13(12)15-11-14/h7,12H,1-6,8-11H2. The van der Waals surface area contributed by atoms with Crippen molar-refractivity contribution in [3.63, 3.8) is 0 Å². The molecule has 2 fully saturated rings. The van der Waals surface area contributed by atoms with Crippen molar-refractivity contribution in [1.29, 1.82) is 0 Å². The summed E-state index contributed by atoms with van der Waals surface area (Å²) in [6.07, 6.45) is 15.0. The van der Waals surface area contributed by atoms with Crippen molar-refractivity contribution in [2.24, 2.45) is 11.3 Å². The van der Waals surface area contributed by atoms with E-state index in [1.54, 1.807) is 0 Å². The maximum Gasteiger partial charge on any atom is 0.0951 e. The molecule has 1 aliphatic heterocycles. The minimum atomic E-state index is 0.581. The number of rotatable bonds is 0. The highest BCUT2D eigenvalue weighted by Crippen LogP contribution is 2.48. The van der Waals surface area contributed by atoms with Crippen LogP contribution in [0.4, 0.5) is 0 Å². The van der Waals surface area contributed by atoms with E-state index in [2.05, 4.69) is 6.08 Å². The molecule has 1 heteroatoms. The third-order valence-electron chi connectivity index (χ3n) is 4.64. The molecule has 15 heavy (non-hydrogen) atoms. The summed E-state index contributed by atoms with van der Waals surface area (Å²) < 4.78 is 6.04. The summed E-state index contributed by atoms with van der Waals surface area (Å²) in [4.78, 5) is 0. The summed E-state index contributed by atoms with van der Waals surface area (Å²) in [7, 11) is 0. The highest BCUT2D eigenvalue weighted by atomic mass is 16.5. The van der Waals surface area contributed by atoms with E-state index in [1.807, 2.05) is 0 Å². The van der Waals surface area contributed by atoms with Gasteiger partial charge in [-0.1, -0.05) is 19.3 Å². The lowest BCUT2D eigenvalue weighted by Gasteiger charge is -2.45. The van der Waals surface area contributed by atoms with Crippen LogP contribution in [0.1, 0.15) is 57.8 Å². The Balaban J connectivity index is 1.74. The average molecular weight is 206 g/mol. The van der Waals surface area contributed by atoms with Crippen LogP contribution in [0.5, 0.6) is 0 Å². The summed E-state index contributed by atoms with van der Waals surface area (Å²) in [5.41, 5.74) is 0.581. The van der Waals surface area contributed by atoms with Gasteiger partial charge < -0.3 is 4.74 Å². The van der Waals surface area contributed by atoms with Crippen molar-refractivity contribution in [2.45, 2.75) is 57.8 Å². The number of ether oxygens (including phenoxy) is 1. The summed E-state index contributed by atoms with van der Waals surface area (Å²) in [5.74, 6) is 2.13. The monoisotopic (exact) mass is 206 g/mol. The Morgan fingerprint density at radius 3 is 2.87 bits per heavy atom. The maximum absolute atomic E-state index is 6.04. The van der Waals surface area contributed by atoms with Crippen LogP contribution >= 0.6 is 0 Å². The summed E-state index contributed by atoms with van der Waals surface area (Å²) in [6, 6.07) is 0. The maximum atomic E-state index is 6.04. The van der Waals surface area contributed by atoms with Crippen molar-refractivity contribution in [2.75, 3.05) is 6.61 Å². The van der Waals surface area contributed by atoms with E-state index >= 15 is 0 Å². The topological polar surface area (TPSA) is 9.23 Å². The molecule has 3 rings (SSSR count). The van der Waals surface area contributed by atoms with Gasteiger partial charge in [0.15, 0.2) is 0 Å². The molecule has 1 saturated carbocycles. The third-order valence-corrected chi connectivity index (χ3v) is 4.64. The van der Waals surface area contributed by atoms with Crippen LogP contribution in [0.3, 0.4) is 0 Å². The fraction of sp³-hybridized carbons (Fsp3) is 0.857. The van der Waals surface area contributed by atoms with Gasteiger partial charge in [0.1, 0.15) is 0 Å². The van der Waals surface area contributed by atoms with Gasteiger partial charge in [-0.25, -0.2) is 0 Å². The minimum Gasteiger partial charge on any atom is -0.497 e.